The highest BCUT2D eigenvalue weighted by Crippen LogP contribution is 2.01. The normalized spacial score (nSPS) is 9.88. The van der Waals surface area contributed by atoms with Crippen molar-refractivity contribution in [1.29, 1.82) is 0 Å². The number of hydrogen-bond donors (Lipinski definition) is 0. The Morgan fingerprint density at radius 2 is 2.25 bits per heavy atom. The zero-order valence-electron chi connectivity index (χ0n) is 4.85. The van der Waals surface area contributed by atoms with Gasteiger partial charge in [0.15, 0.2) is 0 Å². The van der Waals surface area contributed by atoms with Gasteiger partial charge in [0.25, 0.3) is 0 Å². The summed E-state index contributed by atoms with van der Waals surface area (Å²) in [6, 6.07) is 1.92. The van der Waals surface area contributed by atoms with Gasteiger partial charge in [-0.15, -0.1) is 0 Å². The molecule has 0 saturated heterocycles. The summed E-state index contributed by atoms with van der Waals surface area (Å²) in [7, 11) is 0. The molecule has 2 nitrogen and oxygen atoms in total. The summed E-state index contributed by atoms with van der Waals surface area (Å²) in [6.45, 7) is 3.82. The van der Waals surface area contributed by atoms with E-state index in [0.29, 0.717) is 0 Å². The van der Waals surface area contributed by atoms with Crippen molar-refractivity contribution in [2.45, 2.75) is 13.8 Å². The van der Waals surface area contributed by atoms with Crippen LogP contribution >= 0.6 is 11.8 Å². The van der Waals surface area contributed by atoms with Crippen LogP contribution < -0.4 is 0 Å². The Hall–Kier alpha value is -0.500. The van der Waals surface area contributed by atoms with Crippen molar-refractivity contribution in [2.24, 2.45) is 0 Å². The third-order valence-corrected chi connectivity index (χ3v) is 1.30. The van der Waals surface area contributed by atoms with Crippen LogP contribution in [0.2, 0.25) is 0 Å². The predicted octanol–water partition coefficient (Wildman–Crippen LogP) is 1.50. The largest absolute Gasteiger partial charge is 0.177 e. The number of aryl methyl sites for hydroxylation is 2. The Morgan fingerprint density at radius 3 is 2.38 bits per heavy atom. The van der Waals surface area contributed by atoms with E-state index in [1.165, 1.54) is 4.20 Å². The van der Waals surface area contributed by atoms with Crippen LogP contribution in [0.15, 0.2) is 6.07 Å². The van der Waals surface area contributed by atoms with E-state index in [9.17, 15) is 0 Å². The lowest BCUT2D eigenvalue weighted by Gasteiger charge is -1.83. The second kappa shape index (κ2) is 1.78. The molecule has 0 fully saturated rings. The molecule has 0 aromatic carbocycles. The Labute approximate surface area is 53.2 Å². The minimum atomic E-state index is 0.956. The minimum absolute atomic E-state index is 0.956. The van der Waals surface area contributed by atoms with Crippen LogP contribution in [0.25, 0.3) is 0 Å². The lowest BCUT2D eigenvalue weighted by atomic mass is 10.4. The molecule has 0 aliphatic carbocycles. The average Bonchev–Trinajstić information content (AvgIpc) is 1.85. The lowest BCUT2D eigenvalue weighted by Crippen LogP contribution is -1.83. The van der Waals surface area contributed by atoms with Gasteiger partial charge in [-0.3, -0.25) is 0 Å². The summed E-state index contributed by atoms with van der Waals surface area (Å²) < 4.78 is 1.34. The fourth-order valence-electron chi connectivity index (χ4n) is 0.602. The molecule has 0 bridgehead atoms. The topological polar surface area (TPSA) is 17.8 Å². The van der Waals surface area contributed by atoms with Crippen LogP contribution in [-0.2, 0) is 0 Å². The molecule has 0 saturated carbocycles. The zero-order chi connectivity index (χ0) is 6.15. The van der Waals surface area contributed by atoms with E-state index in [-0.39, 0.29) is 0 Å². The second-order valence-corrected chi connectivity index (χ2v) is 2.11. The van der Waals surface area contributed by atoms with Gasteiger partial charge in [0.2, 0.25) is 0 Å². The molecular weight excluding hydrogens is 124 g/mol. The first-order valence-electron chi connectivity index (χ1n) is 2.39. The van der Waals surface area contributed by atoms with E-state index in [1.807, 2.05) is 19.9 Å². The Balaban J connectivity index is 3.14. The fourth-order valence-corrected chi connectivity index (χ4v) is 0.770. The number of aromatic nitrogens is 2. The summed E-state index contributed by atoms with van der Waals surface area (Å²) in [6.07, 6.45) is 0. The van der Waals surface area contributed by atoms with Crippen LogP contribution in [-0.4, -0.2) is 9.30 Å². The third-order valence-electron chi connectivity index (χ3n) is 0.954. The van der Waals surface area contributed by atoms with Gasteiger partial charge >= 0.3 is 0 Å². The summed E-state index contributed by atoms with van der Waals surface area (Å²) in [5, 5.41) is 3.89. The van der Waals surface area contributed by atoms with E-state index in [4.69, 9.17) is 11.8 Å². The Kier molecular flexibility index (Phi) is 1.26. The molecule has 1 aromatic heterocycles. The maximum Gasteiger partial charge on any atom is 0.0611 e. The molecule has 0 amide bonds. The van der Waals surface area contributed by atoms with Crippen LogP contribution in [0, 0.1) is 13.8 Å². The quantitative estimate of drug-likeness (QED) is 0.521. The molecule has 0 aliphatic rings. The molecule has 0 atom stereocenters. The molecule has 1 aromatic rings. The molecule has 0 aliphatic heterocycles. The SMILES string of the molecule is Cc1cc(C)n(Cl)n1. The number of nitrogens with zero attached hydrogens (tertiary/aromatic N) is 2. The highest BCUT2D eigenvalue weighted by Gasteiger charge is 1.93. The van der Waals surface area contributed by atoms with E-state index < -0.39 is 0 Å². The molecule has 0 radical (unpaired) electrons. The zero-order valence-corrected chi connectivity index (χ0v) is 5.61. The Morgan fingerprint density at radius 1 is 1.62 bits per heavy atom. The maximum absolute atomic E-state index is 5.54. The van der Waals surface area contributed by atoms with E-state index in [0.717, 1.165) is 11.4 Å². The molecule has 0 spiro atoms. The number of rotatable bonds is 0. The van der Waals surface area contributed by atoms with Gasteiger partial charge in [-0.2, -0.15) is 9.30 Å². The number of hydrogen-bond acceptors (Lipinski definition) is 1. The van der Waals surface area contributed by atoms with Gasteiger partial charge in [-0.1, -0.05) is 0 Å². The van der Waals surface area contributed by atoms with Gasteiger partial charge < -0.3 is 0 Å². The van der Waals surface area contributed by atoms with Crippen molar-refractivity contribution in [3.05, 3.63) is 17.5 Å². The van der Waals surface area contributed by atoms with Crippen molar-refractivity contribution in [1.82, 2.24) is 9.30 Å². The summed E-state index contributed by atoms with van der Waals surface area (Å²) in [5.74, 6) is 0. The van der Waals surface area contributed by atoms with Crippen LogP contribution in [0.1, 0.15) is 11.4 Å². The van der Waals surface area contributed by atoms with Gasteiger partial charge in [-0.05, 0) is 19.9 Å². The highest BCUT2D eigenvalue weighted by atomic mass is 35.5. The van der Waals surface area contributed by atoms with Gasteiger partial charge in [-0.25, -0.2) is 0 Å². The molecule has 1 rings (SSSR count). The van der Waals surface area contributed by atoms with Gasteiger partial charge in [0, 0.05) is 11.8 Å². The first-order valence-corrected chi connectivity index (χ1v) is 2.73. The van der Waals surface area contributed by atoms with Crippen molar-refractivity contribution in [3.63, 3.8) is 0 Å². The highest BCUT2D eigenvalue weighted by molar-refractivity contribution is 6.15. The average molecular weight is 131 g/mol. The van der Waals surface area contributed by atoms with Crippen LogP contribution in [0.5, 0.6) is 0 Å². The first kappa shape index (κ1) is 5.63. The van der Waals surface area contributed by atoms with Gasteiger partial charge in [0.05, 0.1) is 11.4 Å². The monoisotopic (exact) mass is 130 g/mol. The van der Waals surface area contributed by atoms with Crippen molar-refractivity contribution in [3.8, 4) is 0 Å². The molecule has 44 valence electrons. The molecule has 0 unspecified atom stereocenters. The van der Waals surface area contributed by atoms with E-state index in [2.05, 4.69) is 5.10 Å². The van der Waals surface area contributed by atoms with Crippen LogP contribution in [0.3, 0.4) is 0 Å². The van der Waals surface area contributed by atoms with Crippen molar-refractivity contribution < 1.29 is 0 Å². The smallest absolute Gasteiger partial charge is 0.0611 e. The predicted molar refractivity (Wildman–Crippen MR) is 33.0 cm³/mol. The van der Waals surface area contributed by atoms with Gasteiger partial charge in [0.1, 0.15) is 0 Å². The molecule has 8 heavy (non-hydrogen) atoms. The minimum Gasteiger partial charge on any atom is -0.177 e. The van der Waals surface area contributed by atoms with Crippen molar-refractivity contribution >= 4 is 11.8 Å². The molecule has 1 heterocycles. The Bertz CT molecular complexity index is 173. The van der Waals surface area contributed by atoms with Crippen molar-refractivity contribution in [2.75, 3.05) is 0 Å². The lowest BCUT2D eigenvalue weighted by molar-refractivity contribution is 0.932. The standard InChI is InChI=1S/C5H7ClN2/c1-4-3-5(2)8(6)7-4/h3H,1-2H3. The maximum atomic E-state index is 5.54. The third kappa shape index (κ3) is 0.842. The van der Waals surface area contributed by atoms with Crippen LogP contribution in [0.4, 0.5) is 0 Å². The van der Waals surface area contributed by atoms with E-state index in [1.54, 1.807) is 0 Å². The van der Waals surface area contributed by atoms with E-state index >= 15 is 0 Å². The molecule has 3 heteroatoms. The number of halogens is 1. The summed E-state index contributed by atoms with van der Waals surface area (Å²) in [5.41, 5.74) is 1.93. The molecular formula is C5H7ClN2. The second-order valence-electron chi connectivity index (χ2n) is 1.79. The first-order chi connectivity index (χ1) is 3.70. The molecule has 0 N–H and O–H groups in total. The summed E-state index contributed by atoms with van der Waals surface area (Å²) in [4.78, 5) is 0. The fraction of sp³-hybridized carbons (Fsp3) is 0.400. The summed E-state index contributed by atoms with van der Waals surface area (Å²) >= 11 is 5.54.